The van der Waals surface area contributed by atoms with Gasteiger partial charge in [0.2, 0.25) is 5.91 Å². The van der Waals surface area contributed by atoms with Gasteiger partial charge in [0.05, 0.1) is 0 Å². The zero-order chi connectivity index (χ0) is 32.5. The molecule has 3 atom stereocenters. The van der Waals surface area contributed by atoms with E-state index < -0.39 is 35.6 Å². The van der Waals surface area contributed by atoms with Crippen molar-refractivity contribution in [1.82, 2.24) is 10.2 Å². The highest BCUT2D eigenvalue weighted by Gasteiger charge is 2.40. The molecule has 0 aliphatic heterocycles. The molecular formula is C34H51N3O5S. The van der Waals surface area contributed by atoms with Gasteiger partial charge in [0.25, 0.3) is 5.91 Å². The Labute approximate surface area is 262 Å². The molecule has 8 nitrogen and oxygen atoms in total. The van der Waals surface area contributed by atoms with Crippen LogP contribution in [-0.4, -0.2) is 57.6 Å². The second-order valence-corrected chi connectivity index (χ2v) is 13.7. The third-order valence-electron chi connectivity index (χ3n) is 7.31. The second kappa shape index (κ2) is 16.0. The number of benzene rings is 2. The van der Waals surface area contributed by atoms with E-state index in [-0.39, 0.29) is 11.8 Å². The number of rotatable bonds is 13. The average molecular weight is 614 g/mol. The quantitative estimate of drug-likeness (QED) is 0.219. The van der Waals surface area contributed by atoms with Crippen LogP contribution in [0.4, 0.5) is 10.5 Å². The summed E-state index contributed by atoms with van der Waals surface area (Å²) in [5.41, 5.74) is 2.61. The van der Waals surface area contributed by atoms with Crippen molar-refractivity contribution in [2.75, 3.05) is 17.3 Å². The van der Waals surface area contributed by atoms with Gasteiger partial charge in [-0.3, -0.25) is 9.59 Å². The van der Waals surface area contributed by atoms with Gasteiger partial charge in [-0.2, -0.15) is 11.8 Å². The van der Waals surface area contributed by atoms with Gasteiger partial charge in [0.15, 0.2) is 0 Å². The number of hydrogen-bond donors (Lipinski definition) is 3. The number of amides is 3. The van der Waals surface area contributed by atoms with Crippen molar-refractivity contribution in [1.29, 1.82) is 0 Å². The molecule has 0 spiro atoms. The van der Waals surface area contributed by atoms with Crippen LogP contribution in [0.3, 0.4) is 0 Å². The molecule has 43 heavy (non-hydrogen) atoms. The normalized spacial score (nSPS) is 13.7. The number of para-hydroxylation sites is 2. The number of phenols is 1. The maximum atomic E-state index is 14.6. The van der Waals surface area contributed by atoms with Crippen LogP contribution in [0.15, 0.2) is 36.4 Å². The Morgan fingerprint density at radius 3 is 2.07 bits per heavy atom. The van der Waals surface area contributed by atoms with Crippen LogP contribution in [0.5, 0.6) is 5.75 Å². The Morgan fingerprint density at radius 2 is 1.51 bits per heavy atom. The number of aromatic hydroxyl groups is 1. The first-order valence-corrected chi connectivity index (χ1v) is 16.4. The van der Waals surface area contributed by atoms with E-state index in [1.165, 1.54) is 0 Å². The van der Waals surface area contributed by atoms with E-state index in [0.717, 1.165) is 17.5 Å². The topological polar surface area (TPSA) is 108 Å². The number of carbonyl (C=O) groups is 3. The molecule has 0 heterocycles. The highest BCUT2D eigenvalue weighted by atomic mass is 32.2. The summed E-state index contributed by atoms with van der Waals surface area (Å²) in [7, 11) is 0. The molecule has 0 radical (unpaired) electrons. The van der Waals surface area contributed by atoms with E-state index in [0.29, 0.717) is 41.3 Å². The van der Waals surface area contributed by atoms with Crippen molar-refractivity contribution in [3.63, 3.8) is 0 Å². The predicted octanol–water partition coefficient (Wildman–Crippen LogP) is 7.30. The fraction of sp³-hybridized carbons (Fsp3) is 0.559. The van der Waals surface area contributed by atoms with Crippen molar-refractivity contribution < 1.29 is 24.2 Å². The lowest BCUT2D eigenvalue weighted by atomic mass is 9.95. The van der Waals surface area contributed by atoms with E-state index in [4.69, 9.17) is 4.74 Å². The van der Waals surface area contributed by atoms with E-state index >= 15 is 0 Å². The van der Waals surface area contributed by atoms with Crippen LogP contribution in [0.1, 0.15) is 89.1 Å². The van der Waals surface area contributed by atoms with Gasteiger partial charge in [0, 0.05) is 17.3 Å². The smallest absolute Gasteiger partial charge is 0.408 e. The fourth-order valence-electron chi connectivity index (χ4n) is 4.96. The zero-order valence-corrected chi connectivity index (χ0v) is 28.4. The Bertz CT molecular complexity index is 1240. The molecule has 3 N–H and O–H groups in total. The van der Waals surface area contributed by atoms with E-state index in [2.05, 4.69) is 24.5 Å². The standard InChI is InChI=1S/C34H51N3O5S/c1-21(2)17-18-25(6)37(32(40)27(19-20-43-10)35-33(41)42-34(7,8)9)29(26-16-12-15-24(5)30(26)38)31(39)36-28-22(3)13-11-14-23(28)4/h11-16,21,25,27,29,38H,17-20H2,1-10H3,(H,35,41)(H,36,39). The van der Waals surface area contributed by atoms with E-state index in [1.54, 1.807) is 62.6 Å². The number of aryl methyl sites for hydroxylation is 3. The van der Waals surface area contributed by atoms with Gasteiger partial charge in [-0.25, -0.2) is 4.79 Å². The van der Waals surface area contributed by atoms with Crippen LogP contribution >= 0.6 is 11.8 Å². The summed E-state index contributed by atoms with van der Waals surface area (Å²) in [6, 6.07) is 8.49. The molecule has 3 amide bonds. The summed E-state index contributed by atoms with van der Waals surface area (Å²) in [6.07, 6.45) is 3.04. The molecule has 9 heteroatoms. The van der Waals surface area contributed by atoms with Gasteiger partial charge >= 0.3 is 6.09 Å². The summed E-state index contributed by atoms with van der Waals surface area (Å²) < 4.78 is 5.50. The number of nitrogens with one attached hydrogen (secondary N) is 2. The van der Waals surface area contributed by atoms with Crippen molar-refractivity contribution >= 4 is 35.4 Å². The van der Waals surface area contributed by atoms with Gasteiger partial charge < -0.3 is 25.4 Å². The Balaban J connectivity index is 2.72. The van der Waals surface area contributed by atoms with Crippen LogP contribution in [-0.2, 0) is 14.3 Å². The molecular weight excluding hydrogens is 562 g/mol. The number of alkyl carbamates (subject to hydrolysis) is 1. The van der Waals surface area contributed by atoms with Crippen LogP contribution in [0.25, 0.3) is 0 Å². The third kappa shape index (κ3) is 10.5. The number of thioether (sulfide) groups is 1. The summed E-state index contributed by atoms with van der Waals surface area (Å²) in [5, 5.41) is 17.1. The second-order valence-electron chi connectivity index (χ2n) is 12.7. The Hall–Kier alpha value is -3.20. The molecule has 0 aliphatic rings. The zero-order valence-electron chi connectivity index (χ0n) is 27.5. The molecule has 0 saturated heterocycles. The lowest BCUT2D eigenvalue weighted by Gasteiger charge is -2.39. The monoisotopic (exact) mass is 613 g/mol. The van der Waals surface area contributed by atoms with Crippen LogP contribution in [0.2, 0.25) is 0 Å². The van der Waals surface area contributed by atoms with Crippen LogP contribution in [0, 0.1) is 26.7 Å². The number of carbonyl (C=O) groups excluding carboxylic acids is 3. The lowest BCUT2D eigenvalue weighted by molar-refractivity contribution is -0.143. The summed E-state index contributed by atoms with van der Waals surface area (Å²) in [6.45, 7) is 17.0. The van der Waals surface area contributed by atoms with E-state index in [1.807, 2.05) is 45.2 Å². The summed E-state index contributed by atoms with van der Waals surface area (Å²) in [4.78, 5) is 43.5. The molecule has 0 aliphatic carbocycles. The molecule has 0 bridgehead atoms. The molecule has 2 aromatic rings. The molecule has 0 fully saturated rings. The molecule has 3 unspecified atom stereocenters. The van der Waals surface area contributed by atoms with Gasteiger partial charge in [-0.15, -0.1) is 0 Å². The highest BCUT2D eigenvalue weighted by molar-refractivity contribution is 7.98. The van der Waals surface area contributed by atoms with Gasteiger partial charge in [-0.1, -0.05) is 50.2 Å². The Kier molecular flexibility index (Phi) is 13.4. The van der Waals surface area contributed by atoms with Crippen molar-refractivity contribution in [3.8, 4) is 5.75 Å². The number of anilines is 1. The van der Waals surface area contributed by atoms with Crippen molar-refractivity contribution in [2.45, 2.75) is 105 Å². The van der Waals surface area contributed by atoms with Crippen molar-refractivity contribution in [3.05, 3.63) is 58.7 Å². The maximum absolute atomic E-state index is 14.6. The first kappa shape index (κ1) is 36.0. The minimum Gasteiger partial charge on any atom is -0.507 e. The van der Waals surface area contributed by atoms with Gasteiger partial charge in [-0.05, 0) is 102 Å². The number of phenolic OH excluding ortho intramolecular Hbond substituents is 1. The van der Waals surface area contributed by atoms with E-state index in [9.17, 15) is 19.5 Å². The maximum Gasteiger partial charge on any atom is 0.408 e. The lowest BCUT2D eigenvalue weighted by Crippen LogP contribution is -2.55. The Morgan fingerprint density at radius 1 is 0.930 bits per heavy atom. The predicted molar refractivity (Wildman–Crippen MR) is 177 cm³/mol. The largest absolute Gasteiger partial charge is 0.507 e. The van der Waals surface area contributed by atoms with Crippen LogP contribution < -0.4 is 10.6 Å². The molecule has 2 aromatic carbocycles. The average Bonchev–Trinajstić information content (AvgIpc) is 2.90. The van der Waals surface area contributed by atoms with Crippen molar-refractivity contribution in [2.24, 2.45) is 5.92 Å². The minimum absolute atomic E-state index is 0.0428. The molecule has 238 valence electrons. The molecule has 2 rings (SSSR count). The molecule has 0 aromatic heterocycles. The van der Waals surface area contributed by atoms with Gasteiger partial charge in [0.1, 0.15) is 23.4 Å². The number of nitrogens with zero attached hydrogens (tertiary/aromatic N) is 1. The fourth-order valence-corrected chi connectivity index (χ4v) is 5.43. The minimum atomic E-state index is -1.16. The summed E-state index contributed by atoms with van der Waals surface area (Å²) >= 11 is 1.56. The molecule has 0 saturated carbocycles. The number of hydrogen-bond acceptors (Lipinski definition) is 6. The first-order chi connectivity index (χ1) is 20.1. The highest BCUT2D eigenvalue weighted by Crippen LogP contribution is 2.36. The number of ether oxygens (including phenoxy) is 1. The summed E-state index contributed by atoms with van der Waals surface area (Å²) in [5.74, 6) is 0.0948. The third-order valence-corrected chi connectivity index (χ3v) is 7.95. The SMILES string of the molecule is CSCCC(NC(=O)OC(C)(C)C)C(=O)N(C(C)CCC(C)C)C(C(=O)Nc1c(C)cccc1C)c1cccc(C)c1O. The first-order valence-electron chi connectivity index (χ1n) is 15.0.